The van der Waals surface area contributed by atoms with Gasteiger partial charge < -0.3 is 25.2 Å². The van der Waals surface area contributed by atoms with Gasteiger partial charge in [-0.3, -0.25) is 0 Å². The second kappa shape index (κ2) is 11.1. The Morgan fingerprint density at radius 2 is 1.84 bits per heavy atom. The summed E-state index contributed by atoms with van der Waals surface area (Å²) in [5.41, 5.74) is 5.20. The minimum Gasteiger partial charge on any atom is -0.487 e. The van der Waals surface area contributed by atoms with Crippen LogP contribution in [0.5, 0.6) is 5.75 Å². The molecule has 0 spiro atoms. The van der Waals surface area contributed by atoms with Gasteiger partial charge in [0.2, 0.25) is 0 Å². The lowest BCUT2D eigenvalue weighted by molar-refractivity contribution is 0.0962. The van der Waals surface area contributed by atoms with Crippen LogP contribution in [0.25, 0.3) is 11.1 Å². The van der Waals surface area contributed by atoms with E-state index in [4.69, 9.17) is 16.3 Å². The molecule has 7 heteroatoms. The number of carboxylic acid groups (broad SMARTS) is 1. The first-order chi connectivity index (χ1) is 17.6. The first-order valence-electron chi connectivity index (χ1n) is 12.5. The number of likely N-dealkylation sites (tertiary alicyclic amines) is 1. The maximum absolute atomic E-state index is 11.7. The van der Waals surface area contributed by atoms with E-state index in [0.717, 1.165) is 11.1 Å². The molecule has 6 nitrogen and oxygen atoms in total. The number of aliphatic hydroxyl groups is 1. The van der Waals surface area contributed by atoms with Crippen molar-refractivity contribution in [1.82, 2.24) is 10.2 Å². The highest BCUT2D eigenvalue weighted by Gasteiger charge is 2.48. The molecule has 0 aliphatic carbocycles. The van der Waals surface area contributed by atoms with Crippen LogP contribution in [0.2, 0.25) is 5.02 Å². The third-order valence-corrected chi connectivity index (χ3v) is 7.35. The van der Waals surface area contributed by atoms with Crippen molar-refractivity contribution in [1.29, 1.82) is 0 Å². The molecule has 1 unspecified atom stereocenters. The smallest absolute Gasteiger partial charge is 0.407 e. The Hall–Kier alpha value is -3.06. The number of rotatable bonds is 7. The fourth-order valence-corrected chi connectivity index (χ4v) is 5.47. The largest absolute Gasteiger partial charge is 0.487 e. The van der Waals surface area contributed by atoms with Crippen LogP contribution in [0.3, 0.4) is 0 Å². The standard InChI is InChI=1S/C30H35ClN2O4/c1-19-22(11-8-12-23(19)21-9-6-5-7-10-21)18-37-26-14-13-20(15-24(26)31)16-32-27-25(34)17-33(29(35)36)28(27)30(2,3)4/h5-15,25,27-28,32,34H,16-18H2,1-4H3,(H,35,36)/t25-,27+,28?/m1/s1. The van der Waals surface area contributed by atoms with Gasteiger partial charge in [0.1, 0.15) is 12.4 Å². The van der Waals surface area contributed by atoms with E-state index >= 15 is 0 Å². The van der Waals surface area contributed by atoms with Crippen LogP contribution in [-0.4, -0.2) is 45.9 Å². The number of amides is 1. The highest BCUT2D eigenvalue weighted by atomic mass is 35.5. The molecule has 3 aromatic rings. The van der Waals surface area contributed by atoms with E-state index in [2.05, 4.69) is 36.5 Å². The van der Waals surface area contributed by atoms with Crippen molar-refractivity contribution in [2.45, 2.75) is 59.0 Å². The summed E-state index contributed by atoms with van der Waals surface area (Å²) in [7, 11) is 0. The van der Waals surface area contributed by atoms with Gasteiger partial charge in [-0.1, -0.05) is 87.0 Å². The van der Waals surface area contributed by atoms with Crippen molar-refractivity contribution in [3.8, 4) is 16.9 Å². The van der Waals surface area contributed by atoms with Crippen molar-refractivity contribution < 1.29 is 19.7 Å². The third-order valence-electron chi connectivity index (χ3n) is 7.06. The lowest BCUT2D eigenvalue weighted by atomic mass is 9.82. The van der Waals surface area contributed by atoms with Crippen LogP contribution in [0.15, 0.2) is 66.7 Å². The molecule has 3 aromatic carbocycles. The number of halogens is 1. The maximum atomic E-state index is 11.7. The van der Waals surface area contributed by atoms with Crippen molar-refractivity contribution in [2.75, 3.05) is 6.54 Å². The van der Waals surface area contributed by atoms with Crippen molar-refractivity contribution in [3.05, 3.63) is 88.4 Å². The van der Waals surface area contributed by atoms with Gasteiger partial charge in [-0.2, -0.15) is 0 Å². The lowest BCUT2D eigenvalue weighted by Crippen LogP contribution is -2.53. The molecule has 196 valence electrons. The molecule has 37 heavy (non-hydrogen) atoms. The van der Waals surface area contributed by atoms with Gasteiger partial charge in [0.05, 0.1) is 29.8 Å². The Labute approximate surface area is 223 Å². The molecule has 1 aliphatic rings. The number of nitrogens with one attached hydrogen (secondary N) is 1. The second-order valence-corrected chi connectivity index (χ2v) is 11.1. The molecule has 4 rings (SSSR count). The molecule has 0 bridgehead atoms. The molecule has 1 heterocycles. The summed E-state index contributed by atoms with van der Waals surface area (Å²) in [4.78, 5) is 13.1. The van der Waals surface area contributed by atoms with Crippen molar-refractivity contribution in [3.63, 3.8) is 0 Å². The lowest BCUT2D eigenvalue weighted by Gasteiger charge is -2.37. The number of carbonyl (C=O) groups is 1. The van der Waals surface area contributed by atoms with E-state index in [0.29, 0.717) is 23.9 Å². The fourth-order valence-electron chi connectivity index (χ4n) is 5.22. The van der Waals surface area contributed by atoms with Crippen molar-refractivity contribution >= 4 is 17.7 Å². The number of benzene rings is 3. The van der Waals surface area contributed by atoms with Crippen LogP contribution < -0.4 is 10.1 Å². The van der Waals surface area contributed by atoms with Gasteiger partial charge in [-0.15, -0.1) is 0 Å². The molecule has 1 aliphatic heterocycles. The van der Waals surface area contributed by atoms with Gasteiger partial charge in [-0.05, 0) is 52.3 Å². The molecule has 0 aromatic heterocycles. The average Bonchev–Trinajstić information content (AvgIpc) is 3.20. The number of hydrogen-bond donors (Lipinski definition) is 3. The third kappa shape index (κ3) is 6.09. The predicted octanol–water partition coefficient (Wildman–Crippen LogP) is 6.12. The molecule has 1 amide bonds. The zero-order valence-electron chi connectivity index (χ0n) is 21.7. The molecular weight excluding hydrogens is 488 g/mol. The monoisotopic (exact) mass is 522 g/mol. The number of β-amino-alcohol motifs (C(OH)–C–C–N with tert-alkyl or cyclic N) is 1. The topological polar surface area (TPSA) is 82.0 Å². The summed E-state index contributed by atoms with van der Waals surface area (Å²) in [6.45, 7) is 9.00. The van der Waals surface area contributed by atoms with Crippen LogP contribution in [0, 0.1) is 12.3 Å². The SMILES string of the molecule is Cc1c(COc2ccc(CN[C@@H]3C(C(C)(C)C)N(C(=O)O)C[C@H]3O)cc2Cl)cccc1-c1ccccc1. The Kier molecular flexibility index (Phi) is 8.12. The highest BCUT2D eigenvalue weighted by molar-refractivity contribution is 6.32. The quantitative estimate of drug-likeness (QED) is 0.348. The molecule has 3 N–H and O–H groups in total. The van der Waals surface area contributed by atoms with Gasteiger partial charge in [0.15, 0.2) is 0 Å². The maximum Gasteiger partial charge on any atom is 0.407 e. The van der Waals surface area contributed by atoms with Crippen molar-refractivity contribution in [2.24, 2.45) is 5.41 Å². The summed E-state index contributed by atoms with van der Waals surface area (Å²) < 4.78 is 6.08. The van der Waals surface area contributed by atoms with E-state index < -0.39 is 12.2 Å². The van der Waals surface area contributed by atoms with E-state index in [9.17, 15) is 15.0 Å². The zero-order chi connectivity index (χ0) is 26.7. The molecule has 0 radical (unpaired) electrons. The highest BCUT2D eigenvalue weighted by Crippen LogP contribution is 2.34. The number of aliphatic hydroxyl groups excluding tert-OH is 1. The van der Waals surface area contributed by atoms with Crippen LogP contribution in [-0.2, 0) is 13.2 Å². The van der Waals surface area contributed by atoms with Gasteiger partial charge in [0, 0.05) is 6.54 Å². The Morgan fingerprint density at radius 1 is 1.11 bits per heavy atom. The first-order valence-corrected chi connectivity index (χ1v) is 12.9. The van der Waals surface area contributed by atoms with Gasteiger partial charge in [0.25, 0.3) is 0 Å². The van der Waals surface area contributed by atoms with E-state index in [1.807, 2.05) is 63.2 Å². The van der Waals surface area contributed by atoms with Crippen LogP contribution in [0.4, 0.5) is 4.79 Å². The Bertz CT molecular complexity index is 1240. The summed E-state index contributed by atoms with van der Waals surface area (Å²) in [5.74, 6) is 0.598. The van der Waals surface area contributed by atoms with Gasteiger partial charge in [-0.25, -0.2) is 4.79 Å². The Morgan fingerprint density at radius 3 is 2.49 bits per heavy atom. The molecular formula is C30H35ClN2O4. The second-order valence-electron chi connectivity index (χ2n) is 10.7. The van der Waals surface area contributed by atoms with E-state index in [-0.39, 0.29) is 24.0 Å². The predicted molar refractivity (Wildman–Crippen MR) is 147 cm³/mol. The number of nitrogens with zero attached hydrogens (tertiary/aromatic N) is 1. The first kappa shape index (κ1) is 27.0. The van der Waals surface area contributed by atoms with Gasteiger partial charge >= 0.3 is 6.09 Å². The van der Waals surface area contributed by atoms with Crippen LogP contribution in [0.1, 0.15) is 37.5 Å². The number of hydrogen-bond acceptors (Lipinski definition) is 4. The fraction of sp³-hybridized carbons (Fsp3) is 0.367. The van der Waals surface area contributed by atoms with E-state index in [1.54, 1.807) is 0 Å². The molecule has 1 saturated heterocycles. The Balaban J connectivity index is 1.42. The average molecular weight is 523 g/mol. The molecule has 0 saturated carbocycles. The zero-order valence-corrected chi connectivity index (χ0v) is 22.5. The summed E-state index contributed by atoms with van der Waals surface area (Å²) in [6.07, 6.45) is -1.80. The summed E-state index contributed by atoms with van der Waals surface area (Å²) >= 11 is 6.56. The minimum absolute atomic E-state index is 0.0906. The summed E-state index contributed by atoms with van der Waals surface area (Å²) in [5, 5.41) is 24.1. The molecule has 3 atom stereocenters. The number of ether oxygens (including phenoxy) is 1. The minimum atomic E-state index is -1.02. The normalized spacial score (nSPS) is 19.7. The summed E-state index contributed by atoms with van der Waals surface area (Å²) in [6, 6.07) is 21.4. The molecule has 1 fully saturated rings. The van der Waals surface area contributed by atoms with Crippen LogP contribution >= 0.6 is 11.6 Å². The van der Waals surface area contributed by atoms with E-state index in [1.165, 1.54) is 21.6 Å².